The van der Waals surface area contributed by atoms with Crippen molar-refractivity contribution in [2.45, 2.75) is 19.9 Å². The monoisotopic (exact) mass is 364 g/mol. The van der Waals surface area contributed by atoms with Gasteiger partial charge < -0.3 is 10.6 Å². The van der Waals surface area contributed by atoms with E-state index in [1.807, 2.05) is 13.0 Å². The molecule has 4 nitrogen and oxygen atoms in total. The van der Waals surface area contributed by atoms with Gasteiger partial charge in [0.2, 0.25) is 5.91 Å². The molecule has 0 radical (unpaired) electrons. The van der Waals surface area contributed by atoms with Crippen molar-refractivity contribution in [3.05, 3.63) is 63.6 Å². The molecule has 0 aliphatic rings. The minimum Gasteiger partial charge on any atom is -0.376 e. The Kier molecular flexibility index (Phi) is 6.23. The maximum Gasteiger partial charge on any atom is 0.239 e. The van der Waals surface area contributed by atoms with Crippen LogP contribution in [-0.2, 0) is 4.79 Å². The third-order valence-corrected chi connectivity index (χ3v) is 4.11. The average molecular weight is 365 g/mol. The van der Waals surface area contributed by atoms with Gasteiger partial charge in [0.1, 0.15) is 0 Å². The fourth-order valence-electron chi connectivity index (χ4n) is 2.34. The number of anilines is 1. The van der Waals surface area contributed by atoms with Crippen LogP contribution in [0.4, 0.5) is 5.69 Å². The minimum atomic E-state index is -0.257. The zero-order valence-corrected chi connectivity index (χ0v) is 14.9. The van der Waals surface area contributed by atoms with Gasteiger partial charge in [-0.2, -0.15) is 0 Å². The second kappa shape index (κ2) is 8.18. The van der Waals surface area contributed by atoms with Gasteiger partial charge in [-0.25, -0.2) is 0 Å². The number of hydrogen-bond acceptors (Lipinski definition) is 3. The third kappa shape index (κ3) is 4.73. The lowest BCUT2D eigenvalue weighted by Gasteiger charge is -2.17. The number of nitrogens with one attached hydrogen (secondary N) is 2. The molecule has 2 aromatic carbocycles. The molecule has 0 bridgehead atoms. The van der Waals surface area contributed by atoms with E-state index in [9.17, 15) is 9.59 Å². The van der Waals surface area contributed by atoms with Crippen molar-refractivity contribution < 1.29 is 9.59 Å². The first kappa shape index (κ1) is 18.3. The van der Waals surface area contributed by atoms with Crippen molar-refractivity contribution >= 4 is 40.6 Å². The van der Waals surface area contributed by atoms with E-state index in [1.165, 1.54) is 6.92 Å². The molecule has 2 rings (SSSR count). The fraction of sp³-hybridized carbons (Fsp3) is 0.222. The molecule has 0 fully saturated rings. The van der Waals surface area contributed by atoms with Crippen molar-refractivity contribution in [3.8, 4) is 0 Å². The van der Waals surface area contributed by atoms with Gasteiger partial charge in [0.15, 0.2) is 5.78 Å². The van der Waals surface area contributed by atoms with Crippen LogP contribution < -0.4 is 10.6 Å². The molecule has 0 spiro atoms. The molecule has 24 heavy (non-hydrogen) atoms. The van der Waals surface area contributed by atoms with Crippen LogP contribution in [0.15, 0.2) is 42.5 Å². The summed E-state index contributed by atoms with van der Waals surface area (Å²) in [5, 5.41) is 6.90. The maximum atomic E-state index is 12.1. The predicted molar refractivity (Wildman–Crippen MR) is 98.0 cm³/mol. The van der Waals surface area contributed by atoms with Gasteiger partial charge in [-0.1, -0.05) is 41.4 Å². The predicted octanol–water partition coefficient (Wildman–Crippen LogP) is 4.49. The molecule has 0 saturated carbocycles. The molecular weight excluding hydrogens is 347 g/mol. The number of hydrogen-bond donors (Lipinski definition) is 2. The number of benzene rings is 2. The number of carbonyl (C=O) groups is 2. The highest BCUT2D eigenvalue weighted by Gasteiger charge is 2.13. The Labute approximate surface area is 151 Å². The number of Topliss-reactive ketones (excluding diaryl/α,β-unsaturated/α-hetero) is 1. The van der Waals surface area contributed by atoms with Gasteiger partial charge in [0, 0.05) is 21.3 Å². The molecule has 0 aliphatic heterocycles. The number of ketones is 1. The first-order chi connectivity index (χ1) is 11.4. The van der Waals surface area contributed by atoms with Gasteiger partial charge in [-0.15, -0.1) is 0 Å². The SMILES string of the molecule is CC(=O)c1ccccc1NCC(=O)NC(C)c1ccc(Cl)cc1Cl. The van der Waals surface area contributed by atoms with Crippen LogP contribution in [0.5, 0.6) is 0 Å². The van der Waals surface area contributed by atoms with Gasteiger partial charge in [0.05, 0.1) is 12.6 Å². The lowest BCUT2D eigenvalue weighted by molar-refractivity contribution is -0.120. The Morgan fingerprint density at radius 1 is 1.12 bits per heavy atom. The van der Waals surface area contributed by atoms with Gasteiger partial charge in [-0.05, 0) is 43.7 Å². The van der Waals surface area contributed by atoms with Crippen LogP contribution >= 0.6 is 23.2 Å². The van der Waals surface area contributed by atoms with Crippen molar-refractivity contribution in [3.63, 3.8) is 0 Å². The number of rotatable bonds is 6. The molecule has 2 N–H and O–H groups in total. The summed E-state index contributed by atoms with van der Waals surface area (Å²) in [5.41, 5.74) is 1.98. The van der Waals surface area contributed by atoms with Crippen LogP contribution in [0.1, 0.15) is 35.8 Å². The van der Waals surface area contributed by atoms with Crippen LogP contribution in [0, 0.1) is 0 Å². The zero-order chi connectivity index (χ0) is 17.7. The molecule has 0 heterocycles. The Balaban J connectivity index is 1.97. The number of para-hydroxylation sites is 1. The molecule has 2 aromatic rings. The lowest BCUT2D eigenvalue weighted by Crippen LogP contribution is -2.32. The van der Waals surface area contributed by atoms with E-state index in [0.29, 0.717) is 21.3 Å². The average Bonchev–Trinajstić information content (AvgIpc) is 2.52. The molecule has 0 aliphatic carbocycles. The summed E-state index contributed by atoms with van der Waals surface area (Å²) in [6.45, 7) is 3.39. The summed E-state index contributed by atoms with van der Waals surface area (Å²) < 4.78 is 0. The van der Waals surface area contributed by atoms with Crippen LogP contribution in [-0.4, -0.2) is 18.2 Å². The van der Waals surface area contributed by atoms with E-state index in [-0.39, 0.29) is 24.3 Å². The molecule has 1 unspecified atom stereocenters. The normalized spacial score (nSPS) is 11.7. The van der Waals surface area contributed by atoms with Gasteiger partial charge in [0.25, 0.3) is 0 Å². The zero-order valence-electron chi connectivity index (χ0n) is 13.4. The quantitative estimate of drug-likeness (QED) is 0.742. The van der Waals surface area contributed by atoms with Crippen molar-refractivity contribution in [1.29, 1.82) is 0 Å². The number of carbonyl (C=O) groups excluding carboxylic acids is 2. The number of halogens is 2. The molecule has 0 aromatic heterocycles. The van der Waals surface area contributed by atoms with E-state index in [4.69, 9.17) is 23.2 Å². The first-order valence-electron chi connectivity index (χ1n) is 7.46. The van der Waals surface area contributed by atoms with Crippen molar-refractivity contribution in [2.75, 3.05) is 11.9 Å². The van der Waals surface area contributed by atoms with Crippen molar-refractivity contribution in [1.82, 2.24) is 5.32 Å². The minimum absolute atomic E-state index is 0.0554. The van der Waals surface area contributed by atoms with E-state index in [1.54, 1.807) is 36.4 Å². The number of amides is 1. The summed E-state index contributed by atoms with van der Waals surface area (Å²) in [5.74, 6) is -0.258. The highest BCUT2D eigenvalue weighted by Crippen LogP contribution is 2.26. The second-order valence-electron chi connectivity index (χ2n) is 5.41. The van der Waals surface area contributed by atoms with Crippen LogP contribution in [0.3, 0.4) is 0 Å². The Morgan fingerprint density at radius 2 is 1.83 bits per heavy atom. The lowest BCUT2D eigenvalue weighted by atomic mass is 10.1. The molecule has 0 saturated heterocycles. The van der Waals surface area contributed by atoms with E-state index >= 15 is 0 Å². The molecular formula is C18H18Cl2N2O2. The summed E-state index contributed by atoms with van der Waals surface area (Å²) in [6, 6.07) is 12.0. The van der Waals surface area contributed by atoms with Gasteiger partial charge in [-0.3, -0.25) is 9.59 Å². The summed E-state index contributed by atoms with van der Waals surface area (Å²) in [7, 11) is 0. The largest absolute Gasteiger partial charge is 0.376 e. The maximum absolute atomic E-state index is 12.1. The Morgan fingerprint density at radius 3 is 2.50 bits per heavy atom. The van der Waals surface area contributed by atoms with E-state index < -0.39 is 0 Å². The highest BCUT2D eigenvalue weighted by atomic mass is 35.5. The molecule has 1 amide bonds. The summed E-state index contributed by atoms with van der Waals surface area (Å²) in [6.07, 6.45) is 0. The van der Waals surface area contributed by atoms with Crippen LogP contribution in [0.2, 0.25) is 10.0 Å². The Bertz CT molecular complexity index is 762. The molecule has 126 valence electrons. The first-order valence-corrected chi connectivity index (χ1v) is 8.22. The third-order valence-electron chi connectivity index (χ3n) is 3.55. The standard InChI is InChI=1S/C18H18Cl2N2O2/c1-11(14-8-7-13(19)9-16(14)20)22-18(24)10-21-17-6-4-3-5-15(17)12(2)23/h3-9,11,21H,10H2,1-2H3,(H,22,24). The fourth-order valence-corrected chi connectivity index (χ4v) is 2.91. The second-order valence-corrected chi connectivity index (χ2v) is 6.25. The summed E-state index contributed by atoms with van der Waals surface area (Å²) in [4.78, 5) is 23.7. The Hall–Kier alpha value is -2.04. The topological polar surface area (TPSA) is 58.2 Å². The van der Waals surface area contributed by atoms with E-state index in [2.05, 4.69) is 10.6 Å². The molecule has 6 heteroatoms. The molecule has 1 atom stereocenters. The van der Waals surface area contributed by atoms with Crippen molar-refractivity contribution in [2.24, 2.45) is 0 Å². The van der Waals surface area contributed by atoms with E-state index in [0.717, 1.165) is 5.56 Å². The van der Waals surface area contributed by atoms with Gasteiger partial charge >= 0.3 is 0 Å². The summed E-state index contributed by atoms with van der Waals surface area (Å²) >= 11 is 12.0. The smallest absolute Gasteiger partial charge is 0.239 e. The van der Waals surface area contributed by atoms with Crippen LogP contribution in [0.25, 0.3) is 0 Å². The highest BCUT2D eigenvalue weighted by molar-refractivity contribution is 6.35.